The molecule has 2 unspecified atom stereocenters. The van der Waals surface area contributed by atoms with E-state index in [2.05, 4.69) is 36.4 Å². The van der Waals surface area contributed by atoms with Crippen LogP contribution in [0.4, 0.5) is 0 Å². The fourth-order valence-electron chi connectivity index (χ4n) is 3.65. The number of piperidine rings is 1. The second kappa shape index (κ2) is 10.6. The molecule has 0 saturated carbocycles. The topological polar surface area (TPSA) is 91.6 Å². The Bertz CT molecular complexity index is 899. The monoisotopic (exact) mass is 432 g/mol. The molecule has 164 valence electrons. The quantitative estimate of drug-likeness (QED) is 0.491. The van der Waals surface area contributed by atoms with Crippen molar-refractivity contribution in [3.8, 4) is 0 Å². The number of nitrogens with one attached hydrogen (secondary N) is 2. The number of imidazole rings is 1. The molecule has 1 aliphatic heterocycles. The van der Waals surface area contributed by atoms with Crippen LogP contribution in [-0.4, -0.2) is 60.8 Å². The van der Waals surface area contributed by atoms with E-state index in [4.69, 9.17) is 0 Å². The van der Waals surface area contributed by atoms with E-state index >= 15 is 0 Å². The fraction of sp³-hybridized carbons (Fsp3) is 0.524. The summed E-state index contributed by atoms with van der Waals surface area (Å²) in [6.07, 6.45) is 6.71. The number of rotatable bonds is 8. The van der Waals surface area contributed by atoms with Gasteiger partial charge in [-0.2, -0.15) is 0 Å². The van der Waals surface area contributed by atoms with Crippen LogP contribution in [0, 0.1) is 5.92 Å². The highest BCUT2D eigenvalue weighted by Gasteiger charge is 2.28. The zero-order chi connectivity index (χ0) is 21.4. The molecule has 0 amide bonds. The smallest absolute Gasteiger partial charge is 0.213 e. The number of nitrogens with zero attached hydrogens (tertiary/aromatic N) is 4. The van der Waals surface area contributed by atoms with Crippen LogP contribution in [-0.2, 0) is 16.6 Å². The predicted molar refractivity (Wildman–Crippen MR) is 120 cm³/mol. The zero-order valence-corrected chi connectivity index (χ0v) is 18.6. The van der Waals surface area contributed by atoms with Crippen molar-refractivity contribution >= 4 is 16.0 Å². The molecule has 2 atom stereocenters. The van der Waals surface area contributed by atoms with Gasteiger partial charge in [0.25, 0.3) is 0 Å². The van der Waals surface area contributed by atoms with Crippen LogP contribution in [0.2, 0.25) is 0 Å². The Morgan fingerprint density at radius 2 is 2.10 bits per heavy atom. The van der Waals surface area contributed by atoms with Gasteiger partial charge in [-0.1, -0.05) is 37.3 Å². The lowest BCUT2D eigenvalue weighted by molar-refractivity contribution is 0.189. The first-order valence-corrected chi connectivity index (χ1v) is 12.2. The van der Waals surface area contributed by atoms with E-state index < -0.39 is 10.0 Å². The maximum Gasteiger partial charge on any atom is 0.213 e. The molecule has 1 aliphatic rings. The van der Waals surface area contributed by atoms with E-state index in [-0.39, 0.29) is 12.3 Å². The Morgan fingerprint density at radius 3 is 2.80 bits per heavy atom. The summed E-state index contributed by atoms with van der Waals surface area (Å²) < 4.78 is 29.5. The SMILES string of the molecule is CCNC(=NCCS(=O)(=O)NCc1ccccc1)N1CCC(C)C(n2ccnc2)C1. The number of aromatic nitrogens is 2. The summed E-state index contributed by atoms with van der Waals surface area (Å²) in [5, 5.41) is 3.31. The highest BCUT2D eigenvalue weighted by molar-refractivity contribution is 7.89. The molecule has 9 heteroatoms. The molecule has 2 N–H and O–H groups in total. The van der Waals surface area contributed by atoms with Gasteiger partial charge in [-0.3, -0.25) is 4.99 Å². The van der Waals surface area contributed by atoms with Crippen molar-refractivity contribution in [1.82, 2.24) is 24.5 Å². The van der Waals surface area contributed by atoms with Gasteiger partial charge in [0.2, 0.25) is 10.0 Å². The first-order valence-electron chi connectivity index (χ1n) is 10.5. The first kappa shape index (κ1) is 22.3. The Labute approximate surface area is 179 Å². The van der Waals surface area contributed by atoms with Gasteiger partial charge in [0.05, 0.1) is 24.7 Å². The largest absolute Gasteiger partial charge is 0.357 e. The van der Waals surface area contributed by atoms with Crippen LogP contribution in [0.25, 0.3) is 0 Å². The van der Waals surface area contributed by atoms with E-state index in [0.29, 0.717) is 18.5 Å². The van der Waals surface area contributed by atoms with Crippen LogP contribution in [0.1, 0.15) is 31.9 Å². The molecule has 0 bridgehead atoms. The highest BCUT2D eigenvalue weighted by Crippen LogP contribution is 2.27. The number of likely N-dealkylation sites (tertiary alicyclic amines) is 1. The summed E-state index contributed by atoms with van der Waals surface area (Å²) in [6.45, 7) is 7.25. The van der Waals surface area contributed by atoms with Crippen LogP contribution >= 0.6 is 0 Å². The zero-order valence-electron chi connectivity index (χ0n) is 17.7. The third-order valence-corrected chi connectivity index (χ3v) is 6.73. The molecule has 0 aliphatic carbocycles. The number of guanidine groups is 1. The van der Waals surface area contributed by atoms with E-state index in [1.165, 1.54) is 0 Å². The third-order valence-electron chi connectivity index (χ3n) is 5.42. The minimum Gasteiger partial charge on any atom is -0.357 e. The summed E-state index contributed by atoms with van der Waals surface area (Å²) in [5.41, 5.74) is 0.936. The average molecular weight is 433 g/mol. The van der Waals surface area contributed by atoms with Gasteiger partial charge in [-0.05, 0) is 24.8 Å². The number of hydrogen-bond acceptors (Lipinski definition) is 4. The molecular weight excluding hydrogens is 400 g/mol. The fourth-order valence-corrected chi connectivity index (χ4v) is 4.52. The van der Waals surface area contributed by atoms with Crippen LogP contribution < -0.4 is 10.0 Å². The minimum absolute atomic E-state index is 0.0378. The van der Waals surface area contributed by atoms with Gasteiger partial charge in [-0.15, -0.1) is 0 Å². The molecule has 2 heterocycles. The first-order chi connectivity index (χ1) is 14.5. The molecule has 30 heavy (non-hydrogen) atoms. The summed E-state index contributed by atoms with van der Waals surface area (Å²) in [4.78, 5) is 11.0. The van der Waals surface area contributed by atoms with E-state index in [1.54, 1.807) is 6.20 Å². The average Bonchev–Trinajstić information content (AvgIpc) is 3.28. The molecule has 0 radical (unpaired) electrons. The van der Waals surface area contributed by atoms with Crippen molar-refractivity contribution in [3.63, 3.8) is 0 Å². The Balaban J connectivity index is 1.58. The van der Waals surface area contributed by atoms with Gasteiger partial charge in [-0.25, -0.2) is 18.1 Å². The van der Waals surface area contributed by atoms with Crippen LogP contribution in [0.5, 0.6) is 0 Å². The van der Waals surface area contributed by atoms with Crippen molar-refractivity contribution in [1.29, 1.82) is 0 Å². The van der Waals surface area contributed by atoms with Gasteiger partial charge >= 0.3 is 0 Å². The Kier molecular flexibility index (Phi) is 7.87. The molecule has 1 aromatic heterocycles. The van der Waals surface area contributed by atoms with E-state index in [1.807, 2.05) is 49.8 Å². The lowest BCUT2D eigenvalue weighted by Crippen LogP contribution is -2.49. The highest BCUT2D eigenvalue weighted by atomic mass is 32.2. The molecule has 1 saturated heterocycles. The molecular formula is C21H32N6O2S. The maximum absolute atomic E-state index is 12.3. The number of benzene rings is 1. The summed E-state index contributed by atoms with van der Waals surface area (Å²) in [6, 6.07) is 9.82. The standard InChI is InChI=1S/C21H32N6O2S/c1-3-23-21(26-12-9-18(2)20(16-26)27-13-10-22-17-27)24-11-14-30(28,29)25-15-19-7-5-4-6-8-19/h4-8,10,13,17-18,20,25H,3,9,11-12,14-16H2,1-2H3,(H,23,24). The summed E-state index contributed by atoms with van der Waals surface area (Å²) >= 11 is 0. The van der Waals surface area contributed by atoms with Gasteiger partial charge < -0.3 is 14.8 Å². The van der Waals surface area contributed by atoms with Gasteiger partial charge in [0, 0.05) is 38.6 Å². The van der Waals surface area contributed by atoms with E-state index in [9.17, 15) is 8.42 Å². The second-order valence-electron chi connectivity index (χ2n) is 7.65. The minimum atomic E-state index is -3.39. The summed E-state index contributed by atoms with van der Waals surface area (Å²) in [5.74, 6) is 1.28. The van der Waals surface area contributed by atoms with E-state index in [0.717, 1.165) is 37.6 Å². The van der Waals surface area contributed by atoms with Crippen molar-refractivity contribution in [2.24, 2.45) is 10.9 Å². The van der Waals surface area contributed by atoms with Gasteiger partial charge in [0.1, 0.15) is 0 Å². The third kappa shape index (κ3) is 6.30. The molecule has 1 aromatic carbocycles. The lowest BCUT2D eigenvalue weighted by Gasteiger charge is -2.39. The van der Waals surface area contributed by atoms with Gasteiger partial charge in [0.15, 0.2) is 5.96 Å². The van der Waals surface area contributed by atoms with Crippen LogP contribution in [0.15, 0.2) is 54.0 Å². The number of sulfonamides is 1. The molecule has 1 fully saturated rings. The number of hydrogen-bond donors (Lipinski definition) is 2. The normalized spacial score (nSPS) is 20.3. The Hall–Kier alpha value is -2.39. The second-order valence-corrected chi connectivity index (χ2v) is 9.58. The predicted octanol–water partition coefficient (Wildman–Crippen LogP) is 1.85. The Morgan fingerprint density at radius 1 is 1.30 bits per heavy atom. The lowest BCUT2D eigenvalue weighted by atomic mass is 9.93. The molecule has 0 spiro atoms. The van der Waals surface area contributed by atoms with Crippen molar-refractivity contribution in [2.45, 2.75) is 32.9 Å². The summed E-state index contributed by atoms with van der Waals surface area (Å²) in [7, 11) is -3.39. The maximum atomic E-state index is 12.3. The van der Waals surface area contributed by atoms with Crippen molar-refractivity contribution < 1.29 is 8.42 Å². The van der Waals surface area contributed by atoms with Crippen molar-refractivity contribution in [3.05, 3.63) is 54.6 Å². The number of aliphatic imine (C=N–C) groups is 1. The van der Waals surface area contributed by atoms with Crippen molar-refractivity contribution in [2.75, 3.05) is 31.9 Å². The molecule has 3 rings (SSSR count). The molecule has 2 aromatic rings. The molecule has 8 nitrogen and oxygen atoms in total. The van der Waals surface area contributed by atoms with Crippen LogP contribution in [0.3, 0.4) is 0 Å².